The van der Waals surface area contributed by atoms with Crippen LogP contribution >= 0.6 is 11.6 Å². The molecule has 1 aromatic carbocycles. The van der Waals surface area contributed by atoms with E-state index in [-0.39, 0.29) is 6.61 Å². The largest absolute Gasteiger partial charge is 0.482 e. The third-order valence-electron chi connectivity index (χ3n) is 2.54. The molecule has 0 unspecified atom stereocenters. The third kappa shape index (κ3) is 3.68. The number of nitrogens with zero attached hydrogens (tertiary/aromatic N) is 2. The van der Waals surface area contributed by atoms with Gasteiger partial charge in [0.05, 0.1) is 5.02 Å². The van der Waals surface area contributed by atoms with Gasteiger partial charge < -0.3 is 14.5 Å². The van der Waals surface area contributed by atoms with Gasteiger partial charge in [-0.15, -0.1) is 10.2 Å². The molecule has 6 heteroatoms. The van der Waals surface area contributed by atoms with Gasteiger partial charge in [0.1, 0.15) is 5.75 Å². The zero-order chi connectivity index (χ0) is 13.7. The van der Waals surface area contributed by atoms with Crippen LogP contribution in [0.5, 0.6) is 5.75 Å². The number of aromatic nitrogens is 2. The Balaban J connectivity index is 1.99. The van der Waals surface area contributed by atoms with E-state index in [1.54, 1.807) is 0 Å². The van der Waals surface area contributed by atoms with Crippen LogP contribution in [0.4, 0.5) is 0 Å². The average molecular weight is 282 g/mol. The van der Waals surface area contributed by atoms with Crippen LogP contribution in [0.1, 0.15) is 24.3 Å². The van der Waals surface area contributed by atoms with Gasteiger partial charge in [-0.2, -0.15) is 0 Å². The molecule has 0 fully saturated rings. The highest BCUT2D eigenvalue weighted by molar-refractivity contribution is 6.32. The van der Waals surface area contributed by atoms with Gasteiger partial charge in [0.15, 0.2) is 6.61 Å². The van der Waals surface area contributed by atoms with Crippen molar-refractivity contribution >= 4 is 11.6 Å². The van der Waals surface area contributed by atoms with Crippen molar-refractivity contribution in [3.05, 3.63) is 40.6 Å². The molecule has 0 atom stereocenters. The number of aryl methyl sites for hydroxylation is 1. The first kappa shape index (κ1) is 13.8. The van der Waals surface area contributed by atoms with Crippen molar-refractivity contribution in [2.24, 2.45) is 0 Å². The van der Waals surface area contributed by atoms with Gasteiger partial charge in [0.2, 0.25) is 5.89 Å². The third-order valence-corrected chi connectivity index (χ3v) is 2.83. The minimum Gasteiger partial charge on any atom is -0.482 e. The Morgan fingerprint density at radius 2 is 2.11 bits per heavy atom. The standard InChI is InChI=1S/C13H16ClN3O2/c1-3-12-16-17-13(19-12)8-18-11-5-4-9(7-15-2)6-10(11)14/h4-6,15H,3,7-8H2,1-2H3. The van der Waals surface area contributed by atoms with Crippen LogP contribution in [0.2, 0.25) is 5.02 Å². The lowest BCUT2D eigenvalue weighted by atomic mass is 10.2. The molecule has 0 amide bonds. The molecule has 0 aliphatic heterocycles. The molecule has 0 aliphatic carbocycles. The second kappa shape index (κ2) is 6.54. The summed E-state index contributed by atoms with van der Waals surface area (Å²) in [6, 6.07) is 5.67. The summed E-state index contributed by atoms with van der Waals surface area (Å²) >= 11 is 6.14. The van der Waals surface area contributed by atoms with Crippen molar-refractivity contribution in [1.29, 1.82) is 0 Å². The van der Waals surface area contributed by atoms with Crippen LogP contribution in [-0.2, 0) is 19.6 Å². The summed E-state index contributed by atoms with van der Waals surface area (Å²) in [7, 11) is 1.89. The number of hydrogen-bond acceptors (Lipinski definition) is 5. The van der Waals surface area contributed by atoms with Crippen LogP contribution in [0.3, 0.4) is 0 Å². The number of ether oxygens (including phenoxy) is 1. The molecular weight excluding hydrogens is 266 g/mol. The highest BCUT2D eigenvalue weighted by Gasteiger charge is 2.07. The summed E-state index contributed by atoms with van der Waals surface area (Å²) in [6.07, 6.45) is 0.715. The lowest BCUT2D eigenvalue weighted by Crippen LogP contribution is -2.05. The van der Waals surface area contributed by atoms with Crippen LogP contribution in [0, 0.1) is 0 Å². The maximum atomic E-state index is 6.14. The first-order chi connectivity index (χ1) is 9.22. The minimum absolute atomic E-state index is 0.220. The number of nitrogens with one attached hydrogen (secondary N) is 1. The topological polar surface area (TPSA) is 60.2 Å². The molecule has 1 heterocycles. The van der Waals surface area contributed by atoms with E-state index in [0.29, 0.717) is 29.0 Å². The highest BCUT2D eigenvalue weighted by atomic mass is 35.5. The van der Waals surface area contributed by atoms with Gasteiger partial charge in [-0.25, -0.2) is 0 Å². The van der Waals surface area contributed by atoms with Gasteiger partial charge >= 0.3 is 0 Å². The number of halogens is 1. The highest BCUT2D eigenvalue weighted by Crippen LogP contribution is 2.26. The zero-order valence-corrected chi connectivity index (χ0v) is 11.7. The summed E-state index contributed by atoms with van der Waals surface area (Å²) in [5.74, 6) is 1.67. The first-order valence-corrected chi connectivity index (χ1v) is 6.47. The smallest absolute Gasteiger partial charge is 0.253 e. The Morgan fingerprint density at radius 1 is 1.32 bits per heavy atom. The molecule has 5 nitrogen and oxygen atoms in total. The molecule has 0 radical (unpaired) electrons. The van der Waals surface area contributed by atoms with E-state index in [1.807, 2.05) is 32.2 Å². The molecule has 0 bridgehead atoms. The van der Waals surface area contributed by atoms with E-state index in [2.05, 4.69) is 15.5 Å². The summed E-state index contributed by atoms with van der Waals surface area (Å²) in [4.78, 5) is 0. The van der Waals surface area contributed by atoms with E-state index in [0.717, 1.165) is 12.1 Å². The Bertz CT molecular complexity index is 542. The fourth-order valence-electron chi connectivity index (χ4n) is 1.60. The quantitative estimate of drug-likeness (QED) is 0.882. The summed E-state index contributed by atoms with van der Waals surface area (Å²) in [6.45, 7) is 2.94. The van der Waals surface area contributed by atoms with Crippen LogP contribution in [0.25, 0.3) is 0 Å². The van der Waals surface area contributed by atoms with E-state index in [4.69, 9.17) is 20.8 Å². The van der Waals surface area contributed by atoms with Gasteiger partial charge in [0, 0.05) is 13.0 Å². The number of hydrogen-bond donors (Lipinski definition) is 1. The number of rotatable bonds is 6. The summed E-state index contributed by atoms with van der Waals surface area (Å²) in [5, 5.41) is 11.4. The van der Waals surface area contributed by atoms with E-state index >= 15 is 0 Å². The zero-order valence-electron chi connectivity index (χ0n) is 10.9. The molecule has 0 saturated heterocycles. The molecule has 102 valence electrons. The minimum atomic E-state index is 0.220. The fraction of sp³-hybridized carbons (Fsp3) is 0.385. The Morgan fingerprint density at radius 3 is 2.74 bits per heavy atom. The van der Waals surface area contributed by atoms with Gasteiger partial charge in [-0.05, 0) is 24.7 Å². The fourth-order valence-corrected chi connectivity index (χ4v) is 1.86. The molecule has 2 rings (SSSR count). The molecule has 0 aliphatic rings. The van der Waals surface area contributed by atoms with Gasteiger partial charge in [-0.3, -0.25) is 0 Å². The maximum absolute atomic E-state index is 6.14. The predicted molar refractivity (Wildman–Crippen MR) is 72.2 cm³/mol. The van der Waals surface area contributed by atoms with Gasteiger partial charge in [-0.1, -0.05) is 24.6 Å². The second-order valence-electron chi connectivity index (χ2n) is 4.03. The molecule has 1 aromatic heterocycles. The molecular formula is C13H16ClN3O2. The summed E-state index contributed by atoms with van der Waals surface area (Å²) in [5.41, 5.74) is 1.10. The summed E-state index contributed by atoms with van der Waals surface area (Å²) < 4.78 is 10.9. The van der Waals surface area contributed by atoms with E-state index in [9.17, 15) is 0 Å². The first-order valence-electron chi connectivity index (χ1n) is 6.10. The molecule has 19 heavy (non-hydrogen) atoms. The normalized spacial score (nSPS) is 10.7. The van der Waals surface area contributed by atoms with Crippen LogP contribution < -0.4 is 10.1 Å². The monoisotopic (exact) mass is 281 g/mol. The lowest BCUT2D eigenvalue weighted by molar-refractivity contribution is 0.259. The predicted octanol–water partition coefficient (Wildman–Crippen LogP) is 2.58. The van der Waals surface area contributed by atoms with Crippen molar-refractivity contribution in [2.45, 2.75) is 26.5 Å². The second-order valence-corrected chi connectivity index (χ2v) is 4.43. The van der Waals surface area contributed by atoms with Gasteiger partial charge in [0.25, 0.3) is 5.89 Å². The number of benzene rings is 1. The molecule has 0 spiro atoms. The molecule has 1 N–H and O–H groups in total. The van der Waals surface area contributed by atoms with Crippen LogP contribution in [0.15, 0.2) is 22.6 Å². The lowest BCUT2D eigenvalue weighted by Gasteiger charge is -2.07. The van der Waals surface area contributed by atoms with Crippen molar-refractivity contribution in [3.63, 3.8) is 0 Å². The average Bonchev–Trinajstić information content (AvgIpc) is 2.86. The Kier molecular flexibility index (Phi) is 4.76. The van der Waals surface area contributed by atoms with Crippen LogP contribution in [-0.4, -0.2) is 17.2 Å². The maximum Gasteiger partial charge on any atom is 0.253 e. The molecule has 0 saturated carbocycles. The van der Waals surface area contributed by atoms with Crippen molar-refractivity contribution in [1.82, 2.24) is 15.5 Å². The Labute approximate surface area is 116 Å². The van der Waals surface area contributed by atoms with Crippen molar-refractivity contribution < 1.29 is 9.15 Å². The van der Waals surface area contributed by atoms with Crippen molar-refractivity contribution in [3.8, 4) is 5.75 Å². The van der Waals surface area contributed by atoms with E-state index in [1.165, 1.54) is 0 Å². The molecule has 2 aromatic rings. The van der Waals surface area contributed by atoms with E-state index < -0.39 is 0 Å². The SMILES string of the molecule is CCc1nnc(COc2ccc(CNC)cc2Cl)o1. The van der Waals surface area contributed by atoms with Crippen molar-refractivity contribution in [2.75, 3.05) is 7.05 Å². The Hall–Kier alpha value is -1.59.